The van der Waals surface area contributed by atoms with Crippen molar-refractivity contribution in [1.29, 1.82) is 0 Å². The smallest absolute Gasteiger partial charge is 0.306 e. The SMILES string of the molecule is CC(C)(O)O.CN.O=C1CCC(COCc2ccccc2)O1. The van der Waals surface area contributed by atoms with E-state index in [4.69, 9.17) is 19.7 Å². The molecule has 1 aliphatic heterocycles. The van der Waals surface area contributed by atoms with E-state index in [9.17, 15) is 4.79 Å². The van der Waals surface area contributed by atoms with Gasteiger partial charge in [0.15, 0.2) is 5.79 Å². The maximum absolute atomic E-state index is 10.8. The zero-order valence-corrected chi connectivity index (χ0v) is 13.5. The minimum atomic E-state index is -1.50. The normalized spacial score (nSPS) is 16.8. The zero-order chi connectivity index (χ0) is 17.0. The van der Waals surface area contributed by atoms with Crippen LogP contribution in [0.3, 0.4) is 0 Å². The highest BCUT2D eigenvalue weighted by molar-refractivity contribution is 5.71. The third kappa shape index (κ3) is 12.3. The maximum atomic E-state index is 10.8. The lowest BCUT2D eigenvalue weighted by atomic mass is 10.2. The molecular formula is C16H27NO5. The molecule has 0 bridgehead atoms. The van der Waals surface area contributed by atoms with Crippen molar-refractivity contribution in [2.45, 2.75) is 45.2 Å². The van der Waals surface area contributed by atoms with Crippen LogP contribution < -0.4 is 5.73 Å². The van der Waals surface area contributed by atoms with E-state index in [1.807, 2.05) is 30.3 Å². The number of nitrogens with two attached hydrogens (primary N) is 1. The summed E-state index contributed by atoms with van der Waals surface area (Å²) in [4.78, 5) is 10.8. The zero-order valence-electron chi connectivity index (χ0n) is 13.5. The monoisotopic (exact) mass is 313 g/mol. The van der Waals surface area contributed by atoms with Gasteiger partial charge in [0.2, 0.25) is 0 Å². The summed E-state index contributed by atoms with van der Waals surface area (Å²) in [5.74, 6) is -1.61. The van der Waals surface area contributed by atoms with Crippen molar-refractivity contribution in [2.75, 3.05) is 13.7 Å². The standard InChI is InChI=1S/C12H14O3.C3H8O2.CH5N/c13-12-7-6-11(15-12)9-14-8-10-4-2-1-3-5-10;1-3(2,4)5;1-2/h1-5,11H,6-9H2;4-5H,1-2H3;2H2,1H3. The van der Waals surface area contributed by atoms with Gasteiger partial charge in [0.1, 0.15) is 6.10 Å². The fourth-order valence-electron chi connectivity index (χ4n) is 1.58. The van der Waals surface area contributed by atoms with Crippen molar-refractivity contribution >= 4 is 5.97 Å². The highest BCUT2D eigenvalue weighted by Gasteiger charge is 2.22. The summed E-state index contributed by atoms with van der Waals surface area (Å²) in [6.45, 7) is 3.68. The van der Waals surface area contributed by atoms with Crippen molar-refractivity contribution in [3.63, 3.8) is 0 Å². The molecule has 1 unspecified atom stereocenters. The molecule has 1 saturated heterocycles. The molecule has 1 aromatic carbocycles. The Morgan fingerprint density at radius 1 is 1.27 bits per heavy atom. The van der Waals surface area contributed by atoms with E-state index in [0.29, 0.717) is 19.6 Å². The molecule has 1 fully saturated rings. The number of carbonyl (C=O) groups is 1. The Bertz CT molecular complexity index is 397. The molecule has 6 nitrogen and oxygen atoms in total. The third-order valence-electron chi connectivity index (χ3n) is 2.38. The Hall–Kier alpha value is -1.47. The number of cyclic esters (lactones) is 1. The van der Waals surface area contributed by atoms with E-state index in [0.717, 1.165) is 12.0 Å². The third-order valence-corrected chi connectivity index (χ3v) is 2.38. The van der Waals surface area contributed by atoms with Gasteiger partial charge in [0.05, 0.1) is 13.2 Å². The molecule has 126 valence electrons. The van der Waals surface area contributed by atoms with Crippen LogP contribution in [-0.4, -0.2) is 41.7 Å². The highest BCUT2D eigenvalue weighted by atomic mass is 16.6. The summed E-state index contributed by atoms with van der Waals surface area (Å²) >= 11 is 0. The minimum absolute atomic E-state index is 0.0405. The van der Waals surface area contributed by atoms with Crippen molar-refractivity contribution < 1.29 is 24.5 Å². The van der Waals surface area contributed by atoms with E-state index in [2.05, 4.69) is 5.73 Å². The van der Waals surface area contributed by atoms with Crippen LogP contribution in [0.25, 0.3) is 0 Å². The summed E-state index contributed by atoms with van der Waals surface area (Å²) < 4.78 is 10.5. The maximum Gasteiger partial charge on any atom is 0.306 e. The van der Waals surface area contributed by atoms with Crippen LogP contribution in [0, 0.1) is 0 Å². The van der Waals surface area contributed by atoms with Gasteiger partial charge in [0, 0.05) is 6.42 Å². The first-order valence-electron chi connectivity index (χ1n) is 7.18. The Balaban J connectivity index is 0.000000540. The van der Waals surface area contributed by atoms with Crippen molar-refractivity contribution in [3.8, 4) is 0 Å². The minimum Gasteiger partial charge on any atom is -0.460 e. The number of esters is 1. The van der Waals surface area contributed by atoms with Crippen LogP contribution in [0.1, 0.15) is 32.3 Å². The predicted octanol–water partition coefficient (Wildman–Crippen LogP) is 1.19. The van der Waals surface area contributed by atoms with Crippen LogP contribution in [0.15, 0.2) is 30.3 Å². The highest BCUT2D eigenvalue weighted by Crippen LogP contribution is 2.14. The number of carbonyl (C=O) groups excluding carboxylic acids is 1. The first-order chi connectivity index (χ1) is 10.3. The molecule has 0 saturated carbocycles. The second kappa shape index (κ2) is 11.1. The Labute approximate surface area is 131 Å². The number of benzene rings is 1. The van der Waals surface area contributed by atoms with Crippen LogP contribution in [0.5, 0.6) is 0 Å². The van der Waals surface area contributed by atoms with Gasteiger partial charge in [-0.25, -0.2) is 0 Å². The average Bonchev–Trinajstić information content (AvgIpc) is 2.86. The van der Waals surface area contributed by atoms with Gasteiger partial charge in [-0.3, -0.25) is 4.79 Å². The lowest BCUT2D eigenvalue weighted by Crippen LogP contribution is -2.15. The van der Waals surface area contributed by atoms with E-state index < -0.39 is 5.79 Å². The summed E-state index contributed by atoms with van der Waals surface area (Å²) in [5.41, 5.74) is 5.64. The van der Waals surface area contributed by atoms with E-state index in [1.165, 1.54) is 20.9 Å². The molecule has 22 heavy (non-hydrogen) atoms. The second-order valence-corrected chi connectivity index (χ2v) is 5.15. The molecule has 6 heteroatoms. The molecule has 2 rings (SSSR count). The average molecular weight is 313 g/mol. The Morgan fingerprint density at radius 3 is 2.27 bits per heavy atom. The van der Waals surface area contributed by atoms with Gasteiger partial charge in [-0.2, -0.15) is 0 Å². The first-order valence-corrected chi connectivity index (χ1v) is 7.18. The summed E-state index contributed by atoms with van der Waals surface area (Å²) in [7, 11) is 1.50. The Morgan fingerprint density at radius 2 is 1.82 bits per heavy atom. The van der Waals surface area contributed by atoms with Gasteiger partial charge in [-0.05, 0) is 32.9 Å². The van der Waals surface area contributed by atoms with Crippen molar-refractivity contribution in [2.24, 2.45) is 5.73 Å². The second-order valence-electron chi connectivity index (χ2n) is 5.15. The van der Waals surface area contributed by atoms with Crippen molar-refractivity contribution in [1.82, 2.24) is 0 Å². The molecule has 1 atom stereocenters. The van der Waals surface area contributed by atoms with Gasteiger partial charge >= 0.3 is 5.97 Å². The predicted molar refractivity (Wildman–Crippen MR) is 83.8 cm³/mol. The van der Waals surface area contributed by atoms with Crippen LogP contribution in [-0.2, 0) is 20.9 Å². The number of ether oxygens (including phenoxy) is 2. The summed E-state index contributed by atoms with van der Waals surface area (Å²) in [6.07, 6.45) is 1.27. The van der Waals surface area contributed by atoms with E-state index in [-0.39, 0.29) is 12.1 Å². The molecule has 0 spiro atoms. The fourth-order valence-corrected chi connectivity index (χ4v) is 1.58. The van der Waals surface area contributed by atoms with Crippen LogP contribution in [0.2, 0.25) is 0 Å². The van der Waals surface area contributed by atoms with Gasteiger partial charge < -0.3 is 25.4 Å². The molecule has 4 N–H and O–H groups in total. The van der Waals surface area contributed by atoms with Gasteiger partial charge in [-0.15, -0.1) is 0 Å². The van der Waals surface area contributed by atoms with E-state index >= 15 is 0 Å². The van der Waals surface area contributed by atoms with Crippen LogP contribution in [0.4, 0.5) is 0 Å². The Kier molecular flexibility index (Phi) is 10.4. The summed E-state index contributed by atoms with van der Waals surface area (Å²) in [6, 6.07) is 9.96. The quantitative estimate of drug-likeness (QED) is 0.570. The lowest BCUT2D eigenvalue weighted by molar-refractivity contribution is -0.143. The molecule has 0 aliphatic carbocycles. The topological polar surface area (TPSA) is 102 Å². The molecule has 1 aliphatic rings. The molecule has 0 aromatic heterocycles. The number of aliphatic hydroxyl groups is 2. The number of hydrogen-bond donors (Lipinski definition) is 3. The first kappa shape index (κ1) is 20.5. The molecule has 0 amide bonds. The van der Waals surface area contributed by atoms with E-state index in [1.54, 1.807) is 0 Å². The van der Waals surface area contributed by atoms with Gasteiger partial charge in [-0.1, -0.05) is 30.3 Å². The summed E-state index contributed by atoms with van der Waals surface area (Å²) in [5, 5.41) is 16.2. The lowest BCUT2D eigenvalue weighted by Gasteiger charge is -2.09. The molecule has 1 aromatic rings. The van der Waals surface area contributed by atoms with Crippen LogP contribution >= 0.6 is 0 Å². The van der Waals surface area contributed by atoms with Gasteiger partial charge in [0.25, 0.3) is 0 Å². The largest absolute Gasteiger partial charge is 0.460 e. The molecule has 0 radical (unpaired) electrons. The molecule has 1 heterocycles. The fraction of sp³-hybridized carbons (Fsp3) is 0.562. The molecular weight excluding hydrogens is 286 g/mol. The number of hydrogen-bond acceptors (Lipinski definition) is 6. The number of rotatable bonds is 4. The van der Waals surface area contributed by atoms with Crippen molar-refractivity contribution in [3.05, 3.63) is 35.9 Å².